The number of hydrogen-bond acceptors (Lipinski definition) is 2. The van der Waals surface area contributed by atoms with Gasteiger partial charge >= 0.3 is 0 Å². The number of ether oxygens (including phenoxy) is 2. The summed E-state index contributed by atoms with van der Waals surface area (Å²) in [5, 5.41) is 0. The van der Waals surface area contributed by atoms with Gasteiger partial charge in [0.15, 0.2) is 0 Å². The van der Waals surface area contributed by atoms with Crippen LogP contribution in [0, 0.1) is 0 Å². The van der Waals surface area contributed by atoms with Crippen molar-refractivity contribution in [3.8, 4) is 5.75 Å². The first-order valence-corrected chi connectivity index (χ1v) is 6.23. The molecule has 0 amide bonds. The Bertz CT molecular complexity index is 322. The van der Waals surface area contributed by atoms with Gasteiger partial charge in [-0.3, -0.25) is 0 Å². The van der Waals surface area contributed by atoms with E-state index in [2.05, 4.69) is 39.8 Å². The quantitative estimate of drug-likeness (QED) is 0.774. The Kier molecular flexibility index (Phi) is 5.01. The van der Waals surface area contributed by atoms with Gasteiger partial charge in [0.05, 0.1) is 6.61 Å². The number of hydrogen-bond donors (Lipinski definition) is 0. The third-order valence-corrected chi connectivity index (χ3v) is 2.83. The average molecular weight is 236 g/mol. The van der Waals surface area contributed by atoms with Crippen LogP contribution in [-0.4, -0.2) is 19.8 Å². The zero-order valence-corrected chi connectivity index (χ0v) is 11.6. The van der Waals surface area contributed by atoms with Crippen LogP contribution in [0.2, 0.25) is 0 Å². The van der Waals surface area contributed by atoms with Crippen molar-refractivity contribution < 1.29 is 9.47 Å². The number of benzene rings is 1. The molecule has 1 aromatic rings. The second-order valence-electron chi connectivity index (χ2n) is 5.38. The summed E-state index contributed by atoms with van der Waals surface area (Å²) >= 11 is 0. The summed E-state index contributed by atoms with van der Waals surface area (Å²) in [4.78, 5) is 0. The molecular formula is C15H24O2. The van der Waals surface area contributed by atoms with Crippen molar-refractivity contribution >= 4 is 0 Å². The van der Waals surface area contributed by atoms with Crippen molar-refractivity contribution in [2.24, 2.45) is 0 Å². The highest BCUT2D eigenvalue weighted by Gasteiger charge is 2.13. The van der Waals surface area contributed by atoms with Crippen LogP contribution in [0.1, 0.15) is 39.7 Å². The molecular weight excluding hydrogens is 212 g/mol. The minimum atomic E-state index is 0.139. The average Bonchev–Trinajstić information content (AvgIpc) is 2.28. The summed E-state index contributed by atoms with van der Waals surface area (Å²) in [7, 11) is 1.70. The Labute approximate surface area is 105 Å². The molecule has 0 fully saturated rings. The van der Waals surface area contributed by atoms with E-state index in [-0.39, 0.29) is 11.5 Å². The Balaban J connectivity index is 2.68. The molecule has 0 aliphatic heterocycles. The Morgan fingerprint density at radius 3 is 2.12 bits per heavy atom. The van der Waals surface area contributed by atoms with E-state index in [0.29, 0.717) is 6.61 Å². The molecule has 1 rings (SSSR count). The molecule has 0 saturated heterocycles. The van der Waals surface area contributed by atoms with E-state index >= 15 is 0 Å². The minimum Gasteiger partial charge on any atom is -0.488 e. The van der Waals surface area contributed by atoms with E-state index in [1.165, 1.54) is 5.56 Å². The fourth-order valence-electron chi connectivity index (χ4n) is 1.65. The molecule has 0 heterocycles. The van der Waals surface area contributed by atoms with Crippen molar-refractivity contribution in [1.29, 1.82) is 0 Å². The monoisotopic (exact) mass is 236 g/mol. The predicted octanol–water partition coefficient (Wildman–Crippen LogP) is 3.79. The molecule has 2 nitrogen and oxygen atoms in total. The van der Waals surface area contributed by atoms with Gasteiger partial charge in [-0.1, -0.05) is 39.8 Å². The first-order valence-electron chi connectivity index (χ1n) is 6.23. The second-order valence-corrected chi connectivity index (χ2v) is 5.38. The molecule has 0 aliphatic rings. The lowest BCUT2D eigenvalue weighted by Crippen LogP contribution is -2.21. The van der Waals surface area contributed by atoms with Gasteiger partial charge in [0.2, 0.25) is 0 Å². The lowest BCUT2D eigenvalue weighted by atomic mass is 9.87. The maximum absolute atomic E-state index is 5.85. The second kappa shape index (κ2) is 6.06. The summed E-state index contributed by atoms with van der Waals surface area (Å²) in [6.07, 6.45) is 1.09. The highest BCUT2D eigenvalue weighted by molar-refractivity contribution is 5.31. The van der Waals surface area contributed by atoms with Gasteiger partial charge in [-0.05, 0) is 29.5 Å². The summed E-state index contributed by atoms with van der Waals surface area (Å²) in [5.41, 5.74) is 1.51. The summed E-state index contributed by atoms with van der Waals surface area (Å²) in [6, 6.07) is 8.35. The zero-order valence-electron chi connectivity index (χ0n) is 11.6. The van der Waals surface area contributed by atoms with E-state index in [1.54, 1.807) is 7.11 Å². The standard InChI is InChI=1S/C15H24O2/c1-6-13(11-16-5)17-14-9-7-12(8-10-14)15(2,3)4/h7-10,13H,6,11H2,1-5H3. The lowest BCUT2D eigenvalue weighted by molar-refractivity contribution is 0.0787. The van der Waals surface area contributed by atoms with Crippen LogP contribution in [0.25, 0.3) is 0 Å². The minimum absolute atomic E-state index is 0.139. The highest BCUT2D eigenvalue weighted by atomic mass is 16.5. The van der Waals surface area contributed by atoms with Gasteiger partial charge in [0.1, 0.15) is 11.9 Å². The zero-order chi connectivity index (χ0) is 12.9. The Morgan fingerprint density at radius 1 is 1.12 bits per heavy atom. The molecule has 2 heteroatoms. The van der Waals surface area contributed by atoms with Crippen molar-refractivity contribution in [2.75, 3.05) is 13.7 Å². The first-order chi connectivity index (χ1) is 7.97. The third kappa shape index (κ3) is 4.39. The molecule has 0 spiro atoms. The predicted molar refractivity (Wildman–Crippen MR) is 71.7 cm³/mol. The summed E-state index contributed by atoms with van der Waals surface area (Å²) < 4.78 is 11.0. The van der Waals surface area contributed by atoms with Crippen LogP contribution < -0.4 is 4.74 Å². The van der Waals surface area contributed by atoms with Crippen LogP contribution in [0.15, 0.2) is 24.3 Å². The van der Waals surface area contributed by atoms with Crippen molar-refractivity contribution in [3.05, 3.63) is 29.8 Å². The molecule has 0 aromatic heterocycles. The van der Waals surface area contributed by atoms with Crippen LogP contribution in [-0.2, 0) is 10.2 Å². The van der Waals surface area contributed by atoms with Gasteiger partial charge in [-0.15, -0.1) is 0 Å². The summed E-state index contributed by atoms with van der Waals surface area (Å²) in [6.45, 7) is 9.37. The van der Waals surface area contributed by atoms with Gasteiger partial charge in [0.25, 0.3) is 0 Å². The van der Waals surface area contributed by atoms with Crippen molar-refractivity contribution in [1.82, 2.24) is 0 Å². The number of methoxy groups -OCH3 is 1. The highest BCUT2D eigenvalue weighted by Crippen LogP contribution is 2.24. The smallest absolute Gasteiger partial charge is 0.122 e. The molecule has 0 N–H and O–H groups in total. The van der Waals surface area contributed by atoms with Gasteiger partial charge in [-0.25, -0.2) is 0 Å². The van der Waals surface area contributed by atoms with E-state index in [4.69, 9.17) is 9.47 Å². The fraction of sp³-hybridized carbons (Fsp3) is 0.600. The van der Waals surface area contributed by atoms with Crippen LogP contribution in [0.3, 0.4) is 0 Å². The molecule has 0 saturated carbocycles. The maximum Gasteiger partial charge on any atom is 0.122 e. The molecule has 1 unspecified atom stereocenters. The molecule has 1 aromatic carbocycles. The third-order valence-electron chi connectivity index (χ3n) is 2.83. The largest absolute Gasteiger partial charge is 0.488 e. The van der Waals surface area contributed by atoms with Crippen molar-refractivity contribution in [2.45, 2.75) is 45.6 Å². The Morgan fingerprint density at radius 2 is 1.71 bits per heavy atom. The molecule has 96 valence electrons. The lowest BCUT2D eigenvalue weighted by Gasteiger charge is -2.20. The fourth-order valence-corrected chi connectivity index (χ4v) is 1.65. The topological polar surface area (TPSA) is 18.5 Å². The van der Waals surface area contributed by atoms with E-state index in [1.807, 2.05) is 12.1 Å². The van der Waals surface area contributed by atoms with Crippen LogP contribution >= 0.6 is 0 Å². The van der Waals surface area contributed by atoms with E-state index in [9.17, 15) is 0 Å². The first kappa shape index (κ1) is 14.0. The molecule has 17 heavy (non-hydrogen) atoms. The van der Waals surface area contributed by atoms with Gasteiger partial charge in [0, 0.05) is 7.11 Å². The Hall–Kier alpha value is -1.02. The molecule has 0 aliphatic carbocycles. The normalized spacial score (nSPS) is 13.5. The SMILES string of the molecule is CCC(COC)Oc1ccc(C(C)(C)C)cc1. The van der Waals surface area contributed by atoms with Crippen LogP contribution in [0.4, 0.5) is 0 Å². The van der Waals surface area contributed by atoms with E-state index in [0.717, 1.165) is 12.2 Å². The van der Waals surface area contributed by atoms with Crippen LogP contribution in [0.5, 0.6) is 5.75 Å². The van der Waals surface area contributed by atoms with E-state index < -0.39 is 0 Å². The van der Waals surface area contributed by atoms with Crippen molar-refractivity contribution in [3.63, 3.8) is 0 Å². The molecule has 1 atom stereocenters. The van der Waals surface area contributed by atoms with Gasteiger partial charge in [-0.2, -0.15) is 0 Å². The van der Waals surface area contributed by atoms with Gasteiger partial charge < -0.3 is 9.47 Å². The maximum atomic E-state index is 5.85. The molecule has 0 bridgehead atoms. The molecule has 0 radical (unpaired) electrons. The summed E-state index contributed by atoms with van der Waals surface area (Å²) in [5.74, 6) is 0.918. The number of rotatable bonds is 5.